The minimum Gasteiger partial charge on any atom is -0.460 e. The molecule has 0 amide bonds. The second-order valence-electron chi connectivity index (χ2n) is 5.85. The van der Waals surface area contributed by atoms with Crippen molar-refractivity contribution in [3.05, 3.63) is 48.0 Å². The third-order valence-electron chi connectivity index (χ3n) is 3.64. The Morgan fingerprint density at radius 1 is 1.28 bits per heavy atom. The summed E-state index contributed by atoms with van der Waals surface area (Å²) >= 11 is 0. The normalized spacial score (nSPS) is 23.2. The second kappa shape index (κ2) is 10.3. The number of carbonyl (C=O) groups excluding carboxylic acids is 1. The first-order valence-corrected chi connectivity index (χ1v) is 8.44. The van der Waals surface area contributed by atoms with Crippen molar-refractivity contribution in [3.63, 3.8) is 0 Å². The molecule has 2 rings (SSSR count). The maximum atomic E-state index is 10.9. The topological polar surface area (TPSA) is 63.2 Å². The Labute approximate surface area is 148 Å². The molecular weight excluding hydrogens is 324 g/mol. The first-order valence-electron chi connectivity index (χ1n) is 8.44. The highest BCUT2D eigenvalue weighted by Crippen LogP contribution is 2.30. The highest BCUT2D eigenvalue weighted by Gasteiger charge is 2.29. The van der Waals surface area contributed by atoms with Gasteiger partial charge in [0.2, 0.25) is 0 Å². The summed E-state index contributed by atoms with van der Waals surface area (Å²) in [5, 5.41) is 0. The number of ether oxygens (including phenoxy) is 5. The summed E-state index contributed by atoms with van der Waals surface area (Å²) in [6.07, 6.45) is 1.07. The van der Waals surface area contributed by atoms with Crippen LogP contribution in [0.1, 0.15) is 30.8 Å². The van der Waals surface area contributed by atoms with Gasteiger partial charge >= 0.3 is 5.97 Å². The molecule has 3 unspecified atom stereocenters. The maximum absolute atomic E-state index is 10.9. The first kappa shape index (κ1) is 19.6. The molecule has 6 heteroatoms. The van der Waals surface area contributed by atoms with Gasteiger partial charge in [0, 0.05) is 18.1 Å². The molecule has 0 N–H and O–H groups in total. The third-order valence-corrected chi connectivity index (χ3v) is 3.64. The van der Waals surface area contributed by atoms with Crippen LogP contribution in [0.4, 0.5) is 0 Å². The highest BCUT2D eigenvalue weighted by atomic mass is 16.8. The van der Waals surface area contributed by atoms with Gasteiger partial charge < -0.3 is 23.7 Å². The zero-order valence-corrected chi connectivity index (χ0v) is 14.8. The molecular formula is C19H26O6. The van der Waals surface area contributed by atoms with Crippen molar-refractivity contribution in [3.8, 4) is 0 Å². The number of esters is 1. The quantitative estimate of drug-likeness (QED) is 0.388. The van der Waals surface area contributed by atoms with E-state index >= 15 is 0 Å². The molecule has 1 aliphatic heterocycles. The van der Waals surface area contributed by atoms with Crippen LogP contribution < -0.4 is 0 Å². The van der Waals surface area contributed by atoms with Gasteiger partial charge in [0.1, 0.15) is 6.61 Å². The molecule has 6 nitrogen and oxygen atoms in total. The molecule has 1 fully saturated rings. The van der Waals surface area contributed by atoms with Crippen molar-refractivity contribution in [2.45, 2.75) is 39.0 Å². The van der Waals surface area contributed by atoms with Gasteiger partial charge in [-0.15, -0.1) is 0 Å². The molecule has 138 valence electrons. The van der Waals surface area contributed by atoms with Crippen LogP contribution in [0, 0.1) is 6.92 Å². The summed E-state index contributed by atoms with van der Waals surface area (Å²) in [6.45, 7) is 8.67. The van der Waals surface area contributed by atoms with Crippen molar-refractivity contribution in [1.82, 2.24) is 0 Å². The molecule has 0 bridgehead atoms. The van der Waals surface area contributed by atoms with E-state index in [0.717, 1.165) is 17.2 Å². The van der Waals surface area contributed by atoms with E-state index in [1.165, 1.54) is 0 Å². The lowest BCUT2D eigenvalue weighted by atomic mass is 10.1. The van der Waals surface area contributed by atoms with Gasteiger partial charge in [0.15, 0.2) is 12.6 Å². The van der Waals surface area contributed by atoms with Crippen LogP contribution >= 0.6 is 0 Å². The van der Waals surface area contributed by atoms with E-state index < -0.39 is 12.3 Å². The van der Waals surface area contributed by atoms with Crippen molar-refractivity contribution in [1.29, 1.82) is 0 Å². The van der Waals surface area contributed by atoms with E-state index in [-0.39, 0.29) is 19.0 Å². The predicted molar refractivity (Wildman–Crippen MR) is 91.9 cm³/mol. The minimum absolute atomic E-state index is 0.0449. The Hall–Kier alpha value is -1.73. The summed E-state index contributed by atoms with van der Waals surface area (Å²) in [7, 11) is 0. The van der Waals surface area contributed by atoms with Gasteiger partial charge in [-0.2, -0.15) is 0 Å². The monoisotopic (exact) mass is 350 g/mol. The summed E-state index contributed by atoms with van der Waals surface area (Å²) in [6, 6.07) is 8.06. The van der Waals surface area contributed by atoms with Crippen LogP contribution in [-0.2, 0) is 28.5 Å². The Morgan fingerprint density at radius 3 is 2.84 bits per heavy atom. The van der Waals surface area contributed by atoms with Gasteiger partial charge in [-0.1, -0.05) is 36.4 Å². The smallest absolute Gasteiger partial charge is 0.330 e. The number of hydrogen-bond donors (Lipinski definition) is 0. The maximum Gasteiger partial charge on any atom is 0.330 e. The van der Waals surface area contributed by atoms with E-state index in [9.17, 15) is 4.79 Å². The standard InChI is InChI=1S/C19H26O6/c1-4-17(20)22-10-8-21-9-11-23-18-13-15(3)24-19(25-18)16-7-5-6-14(2)12-16/h4-7,12,15,18-19H,1,8-11,13H2,2-3H3. The predicted octanol–water partition coefficient (Wildman–Crippen LogP) is 2.91. The zero-order chi connectivity index (χ0) is 18.1. The molecule has 0 aliphatic carbocycles. The number of rotatable bonds is 9. The number of hydrogen-bond acceptors (Lipinski definition) is 6. The van der Waals surface area contributed by atoms with Gasteiger partial charge in [-0.05, 0) is 13.8 Å². The molecule has 1 aliphatic rings. The molecule has 1 aromatic rings. The Balaban J connectivity index is 1.68. The van der Waals surface area contributed by atoms with Crippen LogP contribution in [0.3, 0.4) is 0 Å². The second-order valence-corrected chi connectivity index (χ2v) is 5.85. The number of benzene rings is 1. The first-order chi connectivity index (χ1) is 12.1. The van der Waals surface area contributed by atoms with E-state index in [4.69, 9.17) is 23.7 Å². The van der Waals surface area contributed by atoms with Gasteiger partial charge in [-0.25, -0.2) is 4.79 Å². The van der Waals surface area contributed by atoms with Crippen molar-refractivity contribution in [2.75, 3.05) is 26.4 Å². The van der Waals surface area contributed by atoms with Crippen LogP contribution in [0.25, 0.3) is 0 Å². The van der Waals surface area contributed by atoms with E-state index in [2.05, 4.69) is 6.58 Å². The lowest BCUT2D eigenvalue weighted by Gasteiger charge is -2.34. The number of carbonyl (C=O) groups is 1. The Morgan fingerprint density at radius 2 is 2.08 bits per heavy atom. The van der Waals surface area contributed by atoms with E-state index in [1.54, 1.807) is 0 Å². The fourth-order valence-corrected chi connectivity index (χ4v) is 2.44. The molecule has 0 aromatic heterocycles. The Kier molecular flexibility index (Phi) is 8.08. The highest BCUT2D eigenvalue weighted by molar-refractivity contribution is 5.81. The Bertz CT molecular complexity index is 559. The zero-order valence-electron chi connectivity index (χ0n) is 14.8. The molecule has 0 spiro atoms. The summed E-state index contributed by atoms with van der Waals surface area (Å²) in [4.78, 5) is 10.9. The van der Waals surface area contributed by atoms with Crippen LogP contribution in [-0.4, -0.2) is 44.8 Å². The molecule has 0 radical (unpaired) electrons. The molecule has 0 saturated carbocycles. The summed E-state index contributed by atoms with van der Waals surface area (Å²) in [5.74, 6) is -0.452. The molecule has 1 heterocycles. The largest absolute Gasteiger partial charge is 0.460 e. The molecule has 1 aromatic carbocycles. The molecule has 3 atom stereocenters. The average Bonchev–Trinajstić information content (AvgIpc) is 2.60. The van der Waals surface area contributed by atoms with Crippen LogP contribution in [0.2, 0.25) is 0 Å². The number of aryl methyl sites for hydroxylation is 1. The van der Waals surface area contributed by atoms with Gasteiger partial charge in [-0.3, -0.25) is 0 Å². The summed E-state index contributed by atoms with van der Waals surface area (Å²) in [5.41, 5.74) is 2.14. The fraction of sp³-hybridized carbons (Fsp3) is 0.526. The average molecular weight is 350 g/mol. The lowest BCUT2D eigenvalue weighted by molar-refractivity contribution is -0.309. The third kappa shape index (κ3) is 6.96. The summed E-state index contributed by atoms with van der Waals surface area (Å²) < 4.78 is 27.6. The van der Waals surface area contributed by atoms with Crippen LogP contribution in [0.5, 0.6) is 0 Å². The fourth-order valence-electron chi connectivity index (χ4n) is 2.44. The van der Waals surface area contributed by atoms with Crippen molar-refractivity contribution in [2.24, 2.45) is 0 Å². The molecule has 1 saturated heterocycles. The van der Waals surface area contributed by atoms with Crippen molar-refractivity contribution < 1.29 is 28.5 Å². The lowest BCUT2D eigenvalue weighted by Crippen LogP contribution is -2.34. The van der Waals surface area contributed by atoms with Crippen molar-refractivity contribution >= 4 is 5.97 Å². The van der Waals surface area contributed by atoms with Gasteiger partial charge in [0.25, 0.3) is 0 Å². The van der Waals surface area contributed by atoms with E-state index in [1.807, 2.05) is 38.1 Å². The molecule has 25 heavy (non-hydrogen) atoms. The van der Waals surface area contributed by atoms with Crippen LogP contribution in [0.15, 0.2) is 36.9 Å². The van der Waals surface area contributed by atoms with E-state index in [0.29, 0.717) is 26.2 Å². The van der Waals surface area contributed by atoms with Gasteiger partial charge in [0.05, 0.1) is 25.9 Å². The SMILES string of the molecule is C=CC(=O)OCCOCCOC1CC(C)OC(c2cccc(C)c2)O1. The minimum atomic E-state index is -0.452.